The van der Waals surface area contributed by atoms with Crippen LogP contribution in [0.4, 0.5) is 11.5 Å². The van der Waals surface area contributed by atoms with E-state index in [1.165, 1.54) is 6.26 Å². The van der Waals surface area contributed by atoms with Gasteiger partial charge in [0.15, 0.2) is 5.78 Å². The highest BCUT2D eigenvalue weighted by molar-refractivity contribution is 6.13. The van der Waals surface area contributed by atoms with Crippen molar-refractivity contribution in [1.29, 1.82) is 0 Å². The van der Waals surface area contributed by atoms with Gasteiger partial charge in [-0.25, -0.2) is 4.98 Å². The number of fused-ring (bicyclic) bond motifs is 1. The summed E-state index contributed by atoms with van der Waals surface area (Å²) in [6.45, 7) is 8.47. The number of amides is 2. The van der Waals surface area contributed by atoms with Gasteiger partial charge < -0.3 is 19.5 Å². The number of furan rings is 1. The van der Waals surface area contributed by atoms with Crippen molar-refractivity contribution in [3.63, 3.8) is 0 Å². The van der Waals surface area contributed by atoms with Gasteiger partial charge in [-0.3, -0.25) is 14.4 Å². The maximum absolute atomic E-state index is 12.7. The molecular formula is C22H26N4O4. The number of nitrogens with zero attached hydrogens (tertiary/aromatic N) is 3. The van der Waals surface area contributed by atoms with E-state index in [0.717, 1.165) is 18.8 Å². The monoisotopic (exact) mass is 410 g/mol. The fraction of sp³-hybridized carbons (Fsp3) is 0.455. The Balaban J connectivity index is 1.42. The number of carbonyl (C=O) groups is 3. The third-order valence-electron chi connectivity index (χ3n) is 5.75. The van der Waals surface area contributed by atoms with Crippen molar-refractivity contribution in [2.45, 2.75) is 33.6 Å². The molecule has 1 saturated heterocycles. The van der Waals surface area contributed by atoms with Gasteiger partial charge in [0.2, 0.25) is 5.91 Å². The SMILES string of the molecule is CC(=O)N1CCN(c2ccc(NC(=O)c3coc4c3C(=O)CC(C)(C)C4)nc2)CC1. The molecule has 0 radical (unpaired) electrons. The van der Waals surface area contributed by atoms with Crippen molar-refractivity contribution < 1.29 is 18.8 Å². The van der Waals surface area contributed by atoms with E-state index in [9.17, 15) is 14.4 Å². The molecule has 0 atom stereocenters. The Hall–Kier alpha value is -3.16. The topological polar surface area (TPSA) is 95.8 Å². The van der Waals surface area contributed by atoms with Gasteiger partial charge in [-0.15, -0.1) is 0 Å². The Morgan fingerprint density at radius 1 is 1.13 bits per heavy atom. The molecule has 0 unspecified atom stereocenters. The van der Waals surface area contributed by atoms with Gasteiger partial charge in [0.05, 0.1) is 23.0 Å². The highest BCUT2D eigenvalue weighted by Gasteiger charge is 2.36. The normalized spacial score (nSPS) is 18.2. The van der Waals surface area contributed by atoms with Crippen LogP contribution in [0, 0.1) is 5.41 Å². The molecule has 0 spiro atoms. The van der Waals surface area contributed by atoms with Gasteiger partial charge in [0, 0.05) is 45.9 Å². The Morgan fingerprint density at radius 3 is 2.50 bits per heavy atom. The van der Waals surface area contributed by atoms with E-state index >= 15 is 0 Å². The third-order valence-corrected chi connectivity index (χ3v) is 5.75. The predicted octanol–water partition coefficient (Wildman–Crippen LogP) is 2.75. The zero-order chi connectivity index (χ0) is 21.5. The average molecular weight is 410 g/mol. The van der Waals surface area contributed by atoms with Crippen molar-refractivity contribution in [2.24, 2.45) is 5.41 Å². The number of anilines is 2. The van der Waals surface area contributed by atoms with Crippen LogP contribution in [-0.2, 0) is 11.2 Å². The molecule has 8 heteroatoms. The van der Waals surface area contributed by atoms with Crippen molar-refractivity contribution in [2.75, 3.05) is 36.4 Å². The van der Waals surface area contributed by atoms with Gasteiger partial charge >= 0.3 is 0 Å². The quantitative estimate of drug-likeness (QED) is 0.836. The zero-order valence-corrected chi connectivity index (χ0v) is 17.5. The largest absolute Gasteiger partial charge is 0.468 e. The Morgan fingerprint density at radius 2 is 1.87 bits per heavy atom. The number of hydrogen-bond donors (Lipinski definition) is 1. The smallest absolute Gasteiger partial charge is 0.260 e. The van der Waals surface area contributed by atoms with Crippen LogP contribution >= 0.6 is 0 Å². The van der Waals surface area contributed by atoms with Crippen LogP contribution in [0.5, 0.6) is 0 Å². The molecule has 158 valence electrons. The second kappa shape index (κ2) is 7.59. The first-order chi connectivity index (χ1) is 14.2. The summed E-state index contributed by atoms with van der Waals surface area (Å²) in [4.78, 5) is 45.1. The lowest BCUT2D eigenvalue weighted by Gasteiger charge is -2.35. The summed E-state index contributed by atoms with van der Waals surface area (Å²) in [7, 11) is 0. The minimum atomic E-state index is -0.400. The second-order valence-electron chi connectivity index (χ2n) is 8.74. The maximum Gasteiger partial charge on any atom is 0.260 e. The van der Waals surface area contributed by atoms with Gasteiger partial charge in [0.1, 0.15) is 17.8 Å². The number of Topliss-reactive ketones (excluding diaryl/α,β-unsaturated/α-hetero) is 1. The van der Waals surface area contributed by atoms with Crippen molar-refractivity contribution in [3.8, 4) is 0 Å². The van der Waals surface area contributed by atoms with Crippen LogP contribution in [-0.4, -0.2) is 53.7 Å². The molecule has 2 amide bonds. The van der Waals surface area contributed by atoms with Crippen LogP contribution < -0.4 is 10.2 Å². The first-order valence-corrected chi connectivity index (χ1v) is 10.1. The number of pyridine rings is 1. The number of rotatable bonds is 3. The van der Waals surface area contributed by atoms with Crippen LogP contribution in [0.1, 0.15) is 53.7 Å². The maximum atomic E-state index is 12.7. The zero-order valence-electron chi connectivity index (χ0n) is 17.5. The van der Waals surface area contributed by atoms with Gasteiger partial charge in [0.25, 0.3) is 5.91 Å². The molecule has 1 aliphatic heterocycles. The lowest BCUT2D eigenvalue weighted by atomic mass is 9.76. The molecule has 2 aliphatic rings. The molecule has 8 nitrogen and oxygen atoms in total. The highest BCUT2D eigenvalue weighted by Crippen LogP contribution is 2.37. The van der Waals surface area contributed by atoms with Gasteiger partial charge in [-0.2, -0.15) is 0 Å². The number of piperazine rings is 1. The molecule has 1 N–H and O–H groups in total. The third kappa shape index (κ3) is 3.94. The lowest BCUT2D eigenvalue weighted by molar-refractivity contribution is -0.129. The summed E-state index contributed by atoms with van der Waals surface area (Å²) in [5.74, 6) is 0.616. The summed E-state index contributed by atoms with van der Waals surface area (Å²) in [5, 5.41) is 2.75. The Labute approximate surface area is 175 Å². The molecule has 1 fully saturated rings. The fourth-order valence-electron chi connectivity index (χ4n) is 4.13. The minimum Gasteiger partial charge on any atom is -0.468 e. The molecule has 4 rings (SSSR count). The number of carbonyl (C=O) groups excluding carboxylic acids is 3. The molecule has 0 aromatic carbocycles. The average Bonchev–Trinajstić information content (AvgIpc) is 3.11. The van der Waals surface area contributed by atoms with E-state index < -0.39 is 5.91 Å². The van der Waals surface area contributed by atoms with E-state index in [-0.39, 0.29) is 22.7 Å². The summed E-state index contributed by atoms with van der Waals surface area (Å²) < 4.78 is 5.54. The van der Waals surface area contributed by atoms with E-state index in [1.54, 1.807) is 19.2 Å². The van der Waals surface area contributed by atoms with Crippen LogP contribution in [0.3, 0.4) is 0 Å². The van der Waals surface area contributed by atoms with E-state index in [4.69, 9.17) is 4.42 Å². The van der Waals surface area contributed by atoms with Crippen LogP contribution in [0.25, 0.3) is 0 Å². The summed E-state index contributed by atoms with van der Waals surface area (Å²) >= 11 is 0. The Kier molecular flexibility index (Phi) is 5.09. The van der Waals surface area contributed by atoms with Gasteiger partial charge in [-0.1, -0.05) is 13.8 Å². The minimum absolute atomic E-state index is 0.0619. The van der Waals surface area contributed by atoms with Crippen molar-refractivity contribution >= 4 is 29.1 Å². The lowest BCUT2D eigenvalue weighted by Crippen LogP contribution is -2.48. The second-order valence-corrected chi connectivity index (χ2v) is 8.74. The number of ketones is 1. The first kappa shape index (κ1) is 20.1. The first-order valence-electron chi connectivity index (χ1n) is 10.1. The number of hydrogen-bond acceptors (Lipinski definition) is 6. The predicted molar refractivity (Wildman–Crippen MR) is 112 cm³/mol. The molecular weight excluding hydrogens is 384 g/mol. The van der Waals surface area contributed by atoms with E-state index in [0.29, 0.717) is 43.1 Å². The fourth-order valence-corrected chi connectivity index (χ4v) is 4.13. The van der Waals surface area contributed by atoms with E-state index in [2.05, 4.69) is 15.2 Å². The molecule has 2 aromatic rings. The van der Waals surface area contributed by atoms with E-state index in [1.807, 2.05) is 24.8 Å². The molecule has 1 aliphatic carbocycles. The van der Waals surface area contributed by atoms with Crippen molar-refractivity contribution in [1.82, 2.24) is 9.88 Å². The molecule has 2 aromatic heterocycles. The molecule has 30 heavy (non-hydrogen) atoms. The van der Waals surface area contributed by atoms with Crippen LogP contribution in [0.2, 0.25) is 0 Å². The standard InChI is InChI=1S/C22H26N4O4/c1-14(27)25-6-8-26(9-7-25)15-4-5-19(23-12-15)24-21(29)16-13-30-18-11-22(2,3)10-17(28)20(16)18/h4-5,12-13H,6-11H2,1-3H3,(H,23,24,29). The molecule has 3 heterocycles. The summed E-state index contributed by atoms with van der Waals surface area (Å²) in [6.07, 6.45) is 4.09. The van der Waals surface area contributed by atoms with Crippen molar-refractivity contribution in [3.05, 3.63) is 41.5 Å². The summed E-state index contributed by atoms with van der Waals surface area (Å²) in [6, 6.07) is 3.63. The molecule has 0 bridgehead atoms. The highest BCUT2D eigenvalue weighted by atomic mass is 16.3. The Bertz CT molecular complexity index is 985. The molecule has 0 saturated carbocycles. The summed E-state index contributed by atoms with van der Waals surface area (Å²) in [5.41, 5.74) is 1.43. The van der Waals surface area contributed by atoms with Crippen LogP contribution in [0.15, 0.2) is 29.0 Å². The van der Waals surface area contributed by atoms with Gasteiger partial charge in [-0.05, 0) is 17.5 Å². The number of nitrogens with one attached hydrogen (secondary N) is 1. The number of aromatic nitrogens is 1.